The fourth-order valence-corrected chi connectivity index (χ4v) is 3.61. The van der Waals surface area contributed by atoms with E-state index in [4.69, 9.17) is 4.98 Å². The highest BCUT2D eigenvalue weighted by molar-refractivity contribution is 5.18. The van der Waals surface area contributed by atoms with Crippen LogP contribution in [-0.2, 0) is 6.54 Å². The van der Waals surface area contributed by atoms with Crippen LogP contribution in [0.1, 0.15) is 48.7 Å². The monoisotopic (exact) mass is 231 g/mol. The van der Waals surface area contributed by atoms with E-state index >= 15 is 0 Å². The lowest BCUT2D eigenvalue weighted by molar-refractivity contribution is 0.404. The molecule has 0 saturated heterocycles. The van der Waals surface area contributed by atoms with Crippen molar-refractivity contribution in [3.63, 3.8) is 0 Å². The molecule has 2 saturated carbocycles. The van der Waals surface area contributed by atoms with Gasteiger partial charge in [0.25, 0.3) is 0 Å². The summed E-state index contributed by atoms with van der Waals surface area (Å²) in [6.45, 7) is 2.97. The van der Waals surface area contributed by atoms with Crippen molar-refractivity contribution < 1.29 is 0 Å². The van der Waals surface area contributed by atoms with Crippen molar-refractivity contribution in [1.82, 2.24) is 15.3 Å². The van der Waals surface area contributed by atoms with Crippen LogP contribution in [0.15, 0.2) is 6.20 Å². The maximum absolute atomic E-state index is 4.74. The second-order valence-electron chi connectivity index (χ2n) is 5.65. The van der Waals surface area contributed by atoms with Gasteiger partial charge in [-0.15, -0.1) is 0 Å². The molecule has 92 valence electrons. The Morgan fingerprint density at radius 2 is 2.24 bits per heavy atom. The summed E-state index contributed by atoms with van der Waals surface area (Å²) in [4.78, 5) is 9.35. The minimum absolute atomic E-state index is 0.649. The van der Waals surface area contributed by atoms with Gasteiger partial charge in [0.1, 0.15) is 5.82 Å². The molecular weight excluding hydrogens is 210 g/mol. The Labute approximate surface area is 103 Å². The number of hydrogen-bond donors (Lipinski definition) is 1. The normalized spacial score (nSPS) is 31.1. The zero-order valence-electron chi connectivity index (χ0n) is 10.7. The Balaban J connectivity index is 1.82. The van der Waals surface area contributed by atoms with Crippen LogP contribution >= 0.6 is 0 Å². The predicted octanol–water partition coefficient (Wildman–Crippen LogP) is 2.41. The van der Waals surface area contributed by atoms with Crippen molar-refractivity contribution in [2.75, 3.05) is 7.05 Å². The highest BCUT2D eigenvalue weighted by atomic mass is 14.9. The molecule has 3 atom stereocenters. The summed E-state index contributed by atoms with van der Waals surface area (Å²) in [5.74, 6) is 3.59. The quantitative estimate of drug-likeness (QED) is 0.868. The van der Waals surface area contributed by atoms with Gasteiger partial charge < -0.3 is 5.32 Å². The minimum Gasteiger partial charge on any atom is -0.316 e. The second-order valence-corrected chi connectivity index (χ2v) is 5.65. The number of fused-ring (bicyclic) bond motifs is 2. The molecule has 1 N–H and O–H groups in total. The Kier molecular flexibility index (Phi) is 2.87. The van der Waals surface area contributed by atoms with Gasteiger partial charge in [-0.1, -0.05) is 6.42 Å². The van der Waals surface area contributed by atoms with Crippen molar-refractivity contribution in [2.45, 2.75) is 45.1 Å². The van der Waals surface area contributed by atoms with E-state index in [1.54, 1.807) is 0 Å². The number of aryl methyl sites for hydroxylation is 1. The Morgan fingerprint density at radius 1 is 1.35 bits per heavy atom. The average Bonchev–Trinajstić information content (AvgIpc) is 2.94. The van der Waals surface area contributed by atoms with Crippen molar-refractivity contribution in [3.05, 3.63) is 23.3 Å². The summed E-state index contributed by atoms with van der Waals surface area (Å²) in [7, 11) is 1.96. The largest absolute Gasteiger partial charge is 0.316 e. The van der Waals surface area contributed by atoms with Gasteiger partial charge in [-0.25, -0.2) is 9.97 Å². The highest BCUT2D eigenvalue weighted by Gasteiger charge is 2.41. The van der Waals surface area contributed by atoms with Crippen molar-refractivity contribution in [2.24, 2.45) is 11.8 Å². The van der Waals surface area contributed by atoms with E-state index in [1.165, 1.54) is 31.2 Å². The molecule has 17 heavy (non-hydrogen) atoms. The van der Waals surface area contributed by atoms with E-state index in [0.717, 1.165) is 29.9 Å². The molecule has 0 radical (unpaired) electrons. The molecule has 2 aliphatic rings. The van der Waals surface area contributed by atoms with Crippen LogP contribution < -0.4 is 5.32 Å². The van der Waals surface area contributed by atoms with Gasteiger partial charge in [0.2, 0.25) is 0 Å². The van der Waals surface area contributed by atoms with E-state index < -0.39 is 0 Å². The molecule has 1 aromatic heterocycles. The smallest absolute Gasteiger partial charge is 0.131 e. The maximum Gasteiger partial charge on any atom is 0.131 e. The molecule has 0 amide bonds. The number of nitrogens with one attached hydrogen (secondary N) is 1. The summed E-state index contributed by atoms with van der Waals surface area (Å²) in [5.41, 5.74) is 2.37. The zero-order valence-corrected chi connectivity index (χ0v) is 10.7. The summed E-state index contributed by atoms with van der Waals surface area (Å²) in [6.07, 6.45) is 7.61. The lowest BCUT2D eigenvalue weighted by atomic mass is 9.88. The van der Waals surface area contributed by atoms with Crippen LogP contribution in [0.4, 0.5) is 0 Å². The molecule has 0 aromatic carbocycles. The van der Waals surface area contributed by atoms with Crippen LogP contribution in [0.5, 0.6) is 0 Å². The number of hydrogen-bond acceptors (Lipinski definition) is 3. The third kappa shape index (κ3) is 1.97. The van der Waals surface area contributed by atoms with Crippen LogP contribution in [0.2, 0.25) is 0 Å². The first-order chi connectivity index (χ1) is 8.28. The number of rotatable bonds is 3. The molecule has 3 heteroatoms. The van der Waals surface area contributed by atoms with Gasteiger partial charge in [0.05, 0.1) is 0 Å². The minimum atomic E-state index is 0.649. The van der Waals surface area contributed by atoms with Crippen molar-refractivity contribution >= 4 is 0 Å². The molecule has 3 nitrogen and oxygen atoms in total. The first-order valence-electron chi connectivity index (χ1n) is 6.75. The third-order valence-corrected chi connectivity index (χ3v) is 4.54. The topological polar surface area (TPSA) is 37.8 Å². The van der Waals surface area contributed by atoms with Crippen LogP contribution in [-0.4, -0.2) is 17.0 Å². The summed E-state index contributed by atoms with van der Waals surface area (Å²) in [5, 5.41) is 3.16. The van der Waals surface area contributed by atoms with Crippen molar-refractivity contribution in [3.8, 4) is 0 Å². The first kappa shape index (κ1) is 11.1. The van der Waals surface area contributed by atoms with E-state index in [1.807, 2.05) is 13.2 Å². The van der Waals surface area contributed by atoms with E-state index in [0.29, 0.717) is 5.92 Å². The molecule has 1 aromatic rings. The number of aromatic nitrogens is 2. The number of nitrogens with zero attached hydrogens (tertiary/aromatic N) is 2. The fraction of sp³-hybridized carbons (Fsp3) is 0.714. The lowest BCUT2D eigenvalue weighted by Gasteiger charge is -2.20. The van der Waals surface area contributed by atoms with Gasteiger partial charge in [0.15, 0.2) is 0 Å². The second kappa shape index (κ2) is 4.37. The molecule has 1 heterocycles. The first-order valence-corrected chi connectivity index (χ1v) is 6.75. The Bertz CT molecular complexity index is 416. The molecule has 2 bridgehead atoms. The molecule has 2 fully saturated rings. The highest BCUT2D eigenvalue weighted by Crippen LogP contribution is 2.52. The molecule has 3 rings (SSSR count). The Hall–Kier alpha value is -0.960. The zero-order chi connectivity index (χ0) is 11.8. The van der Waals surface area contributed by atoms with Gasteiger partial charge in [-0.2, -0.15) is 0 Å². The predicted molar refractivity (Wildman–Crippen MR) is 67.7 cm³/mol. The molecular formula is C14H21N3. The molecule has 0 aliphatic heterocycles. The van der Waals surface area contributed by atoms with Crippen LogP contribution in [0.25, 0.3) is 0 Å². The van der Waals surface area contributed by atoms with Gasteiger partial charge in [-0.3, -0.25) is 0 Å². The molecule has 0 spiro atoms. The average molecular weight is 231 g/mol. The summed E-state index contributed by atoms with van der Waals surface area (Å²) < 4.78 is 0. The van der Waals surface area contributed by atoms with Gasteiger partial charge in [-0.05, 0) is 45.1 Å². The van der Waals surface area contributed by atoms with Crippen molar-refractivity contribution in [1.29, 1.82) is 0 Å². The van der Waals surface area contributed by atoms with E-state index in [2.05, 4.69) is 17.2 Å². The van der Waals surface area contributed by atoms with Gasteiger partial charge >= 0.3 is 0 Å². The third-order valence-electron chi connectivity index (χ3n) is 4.54. The fourth-order valence-electron chi connectivity index (χ4n) is 3.61. The van der Waals surface area contributed by atoms with E-state index in [9.17, 15) is 0 Å². The summed E-state index contributed by atoms with van der Waals surface area (Å²) in [6, 6.07) is 0. The standard InChI is InChI=1S/C14H21N3/c1-9-12(7-15-2)8-16-14(17-9)13-6-10-3-4-11(13)5-10/h8,10-11,13,15H,3-7H2,1-2H3. The Morgan fingerprint density at radius 3 is 2.82 bits per heavy atom. The lowest BCUT2D eigenvalue weighted by Crippen LogP contribution is -2.15. The summed E-state index contributed by atoms with van der Waals surface area (Å²) >= 11 is 0. The van der Waals surface area contributed by atoms with E-state index in [-0.39, 0.29) is 0 Å². The maximum atomic E-state index is 4.74. The van der Waals surface area contributed by atoms with Gasteiger partial charge in [0, 0.05) is 29.9 Å². The molecule has 3 unspecified atom stereocenters. The van der Waals surface area contributed by atoms with Crippen LogP contribution in [0.3, 0.4) is 0 Å². The molecule has 2 aliphatic carbocycles. The van der Waals surface area contributed by atoms with Crippen LogP contribution in [0, 0.1) is 18.8 Å². The SMILES string of the molecule is CNCc1cnc(C2CC3CCC2C3)nc1C.